The summed E-state index contributed by atoms with van der Waals surface area (Å²) in [6, 6.07) is 3.11. The first kappa shape index (κ1) is 19.1. The maximum Gasteiger partial charge on any atom is 0.321 e. The van der Waals surface area contributed by atoms with Gasteiger partial charge >= 0.3 is 5.97 Å². The number of carbonyl (C=O) groups excluding carboxylic acids is 1. The lowest BCUT2D eigenvalue weighted by Gasteiger charge is -2.16. The number of nitrogens with one attached hydrogen (secondary N) is 3. The number of amides is 1. The van der Waals surface area contributed by atoms with Crippen molar-refractivity contribution in [1.82, 2.24) is 10.6 Å². The van der Waals surface area contributed by atoms with Crippen molar-refractivity contribution >= 4 is 17.6 Å². The van der Waals surface area contributed by atoms with Crippen molar-refractivity contribution in [2.75, 3.05) is 25.5 Å². The van der Waals surface area contributed by atoms with E-state index in [0.29, 0.717) is 6.54 Å². The van der Waals surface area contributed by atoms with E-state index in [1.165, 1.54) is 0 Å². The minimum Gasteiger partial charge on any atom is -0.480 e. The molecule has 1 rings (SSSR count). The number of hydrogen-bond acceptors (Lipinski definition) is 4. The molecule has 0 aliphatic carbocycles. The van der Waals surface area contributed by atoms with Gasteiger partial charge in [-0.15, -0.1) is 0 Å². The molecule has 0 fully saturated rings. The zero-order chi connectivity index (χ0) is 17.4. The second-order valence-electron chi connectivity index (χ2n) is 5.83. The van der Waals surface area contributed by atoms with Gasteiger partial charge in [0.25, 0.3) is 0 Å². The molecule has 0 bridgehead atoms. The molecule has 0 aliphatic rings. The summed E-state index contributed by atoms with van der Waals surface area (Å²) in [5, 5.41) is 18.0. The van der Waals surface area contributed by atoms with Crippen LogP contribution in [0, 0.1) is 20.8 Å². The highest BCUT2D eigenvalue weighted by molar-refractivity contribution is 5.95. The molecule has 1 amide bonds. The number of anilines is 1. The predicted octanol–water partition coefficient (Wildman–Crippen LogP) is 1.59. The second-order valence-corrected chi connectivity index (χ2v) is 5.83. The molecule has 6 nitrogen and oxygen atoms in total. The Balaban J connectivity index is 2.64. The third-order valence-electron chi connectivity index (χ3n) is 3.62. The number of carboxylic acid groups (broad SMARTS) is 1. The molecular formula is C17H27N3O3. The fourth-order valence-corrected chi connectivity index (χ4v) is 2.54. The van der Waals surface area contributed by atoms with Gasteiger partial charge in [0.05, 0.1) is 6.42 Å². The lowest BCUT2D eigenvalue weighted by atomic mass is 10.0. The summed E-state index contributed by atoms with van der Waals surface area (Å²) in [7, 11) is 1.84. The van der Waals surface area contributed by atoms with Crippen LogP contribution in [0.4, 0.5) is 5.69 Å². The van der Waals surface area contributed by atoms with Crippen molar-refractivity contribution < 1.29 is 14.7 Å². The maximum absolute atomic E-state index is 12.2. The van der Waals surface area contributed by atoms with Crippen LogP contribution in [0.2, 0.25) is 0 Å². The van der Waals surface area contributed by atoms with Crippen LogP contribution in [0.15, 0.2) is 12.1 Å². The normalized spacial score (nSPS) is 12.0. The van der Waals surface area contributed by atoms with Crippen molar-refractivity contribution in [2.45, 2.75) is 39.7 Å². The molecule has 0 saturated heterocycles. The van der Waals surface area contributed by atoms with E-state index in [9.17, 15) is 14.7 Å². The molecular weight excluding hydrogens is 294 g/mol. The zero-order valence-corrected chi connectivity index (χ0v) is 14.3. The lowest BCUT2D eigenvalue weighted by molar-refractivity contribution is -0.141. The molecule has 0 aromatic heterocycles. The van der Waals surface area contributed by atoms with E-state index in [2.05, 4.69) is 16.0 Å². The molecule has 4 N–H and O–H groups in total. The summed E-state index contributed by atoms with van der Waals surface area (Å²) in [6.07, 6.45) is 0.708. The molecule has 128 valence electrons. The minimum atomic E-state index is -1.01. The van der Waals surface area contributed by atoms with E-state index in [4.69, 9.17) is 0 Å². The summed E-state index contributed by atoms with van der Waals surface area (Å²) >= 11 is 0. The Morgan fingerprint density at radius 3 is 2.26 bits per heavy atom. The Bertz CT molecular complexity index is 535. The predicted molar refractivity (Wildman–Crippen MR) is 91.9 cm³/mol. The number of benzene rings is 1. The van der Waals surface area contributed by atoms with Crippen molar-refractivity contribution in [2.24, 2.45) is 0 Å². The quantitative estimate of drug-likeness (QED) is 0.519. The lowest BCUT2D eigenvalue weighted by Crippen LogP contribution is -2.40. The van der Waals surface area contributed by atoms with Gasteiger partial charge in [0.1, 0.15) is 6.04 Å². The third-order valence-corrected chi connectivity index (χ3v) is 3.62. The average molecular weight is 321 g/mol. The van der Waals surface area contributed by atoms with Gasteiger partial charge in [-0.1, -0.05) is 17.7 Å². The van der Waals surface area contributed by atoms with Gasteiger partial charge in [0.15, 0.2) is 0 Å². The topological polar surface area (TPSA) is 90.5 Å². The monoisotopic (exact) mass is 321 g/mol. The maximum atomic E-state index is 12.2. The van der Waals surface area contributed by atoms with Crippen LogP contribution < -0.4 is 16.0 Å². The molecule has 1 atom stereocenters. The molecule has 6 heteroatoms. The van der Waals surface area contributed by atoms with Crippen molar-refractivity contribution in [3.63, 3.8) is 0 Å². The number of hydrogen-bond donors (Lipinski definition) is 4. The van der Waals surface area contributed by atoms with Crippen molar-refractivity contribution in [3.8, 4) is 0 Å². The second kappa shape index (κ2) is 9.27. The van der Waals surface area contributed by atoms with Crippen LogP contribution in [0.1, 0.15) is 29.5 Å². The first-order chi connectivity index (χ1) is 10.8. The van der Waals surface area contributed by atoms with E-state index >= 15 is 0 Å². The number of rotatable bonds is 9. The summed E-state index contributed by atoms with van der Waals surface area (Å²) in [6.45, 7) is 7.21. The molecule has 0 heterocycles. The largest absolute Gasteiger partial charge is 0.480 e. The standard InChI is InChI=1S/C17H27N3O3/c1-11-8-12(2)16(13(3)9-11)20-15(21)10-14(17(22)23)19-7-5-6-18-4/h8-9,14,18-19H,5-7,10H2,1-4H3,(H,20,21)(H,22,23)/t14-/m0/s1. The van der Waals surface area contributed by atoms with Gasteiger partial charge in [0.2, 0.25) is 5.91 Å². The summed E-state index contributed by atoms with van der Waals surface area (Å²) in [5.41, 5.74) is 3.85. The number of carboxylic acids is 1. The van der Waals surface area contributed by atoms with E-state index in [1.54, 1.807) is 0 Å². The Labute approximate surface area is 137 Å². The SMILES string of the molecule is CNCCCN[C@@H](CC(=O)Nc1c(C)cc(C)cc1C)C(=O)O. The molecule has 0 spiro atoms. The number of carbonyl (C=O) groups is 2. The van der Waals surface area contributed by atoms with Gasteiger partial charge in [-0.3, -0.25) is 9.59 Å². The van der Waals surface area contributed by atoms with Crippen LogP contribution in [-0.4, -0.2) is 43.2 Å². The van der Waals surface area contributed by atoms with Crippen molar-refractivity contribution in [3.05, 3.63) is 28.8 Å². The van der Waals surface area contributed by atoms with Crippen LogP contribution in [0.3, 0.4) is 0 Å². The molecule has 1 aromatic carbocycles. The van der Waals surface area contributed by atoms with Crippen molar-refractivity contribution in [1.29, 1.82) is 0 Å². The van der Waals surface area contributed by atoms with Gasteiger partial charge < -0.3 is 21.1 Å². The number of aryl methyl sites for hydroxylation is 3. The molecule has 0 unspecified atom stereocenters. The van der Waals surface area contributed by atoms with E-state index in [-0.39, 0.29) is 12.3 Å². The van der Waals surface area contributed by atoms with Crippen LogP contribution in [-0.2, 0) is 9.59 Å². The van der Waals surface area contributed by atoms with Gasteiger partial charge in [0, 0.05) is 5.69 Å². The highest BCUT2D eigenvalue weighted by Crippen LogP contribution is 2.22. The third kappa shape index (κ3) is 6.38. The fourth-order valence-electron chi connectivity index (χ4n) is 2.54. The first-order valence-corrected chi connectivity index (χ1v) is 7.83. The summed E-state index contributed by atoms with van der Waals surface area (Å²) in [5.74, 6) is -1.31. The van der Waals surface area contributed by atoms with Gasteiger partial charge in [-0.05, 0) is 58.5 Å². The average Bonchev–Trinajstić information content (AvgIpc) is 2.45. The molecule has 1 aromatic rings. The highest BCUT2D eigenvalue weighted by Gasteiger charge is 2.21. The molecule has 0 saturated carbocycles. The zero-order valence-electron chi connectivity index (χ0n) is 14.3. The highest BCUT2D eigenvalue weighted by atomic mass is 16.4. The molecule has 0 aliphatic heterocycles. The minimum absolute atomic E-state index is 0.0956. The summed E-state index contributed by atoms with van der Waals surface area (Å²) < 4.78 is 0. The van der Waals surface area contributed by atoms with Gasteiger partial charge in [-0.25, -0.2) is 0 Å². The van der Waals surface area contributed by atoms with Crippen LogP contribution in [0.5, 0.6) is 0 Å². The smallest absolute Gasteiger partial charge is 0.321 e. The van der Waals surface area contributed by atoms with E-state index in [0.717, 1.165) is 35.3 Å². The van der Waals surface area contributed by atoms with Crippen LogP contribution in [0.25, 0.3) is 0 Å². The Kier molecular flexibility index (Phi) is 7.71. The van der Waals surface area contributed by atoms with E-state index < -0.39 is 12.0 Å². The van der Waals surface area contributed by atoms with Crippen LogP contribution >= 0.6 is 0 Å². The summed E-state index contributed by atoms with van der Waals surface area (Å²) in [4.78, 5) is 23.5. The Morgan fingerprint density at radius 2 is 1.74 bits per heavy atom. The Morgan fingerprint density at radius 1 is 1.13 bits per heavy atom. The van der Waals surface area contributed by atoms with E-state index in [1.807, 2.05) is 40.0 Å². The molecule has 23 heavy (non-hydrogen) atoms. The fraction of sp³-hybridized carbons (Fsp3) is 0.529. The number of aliphatic carboxylic acids is 1. The molecule has 0 radical (unpaired) electrons. The Hall–Kier alpha value is -1.92. The van der Waals surface area contributed by atoms with Gasteiger partial charge in [-0.2, -0.15) is 0 Å². The first-order valence-electron chi connectivity index (χ1n) is 7.83.